The second-order valence-corrected chi connectivity index (χ2v) is 6.91. The first kappa shape index (κ1) is 15.3. The number of hydrogen-bond donors (Lipinski definition) is 0. The van der Waals surface area contributed by atoms with Crippen LogP contribution in [0, 0.1) is 5.41 Å². The van der Waals surface area contributed by atoms with Crippen LogP contribution in [-0.2, 0) is 0 Å². The monoisotopic (exact) mass is 264 g/mol. The van der Waals surface area contributed by atoms with Gasteiger partial charge in [-0.15, -0.1) is 11.8 Å². The highest BCUT2D eigenvalue weighted by Gasteiger charge is 2.31. The quantitative estimate of drug-likeness (QED) is 0.541. The molecular weight excluding hydrogens is 240 g/mol. The van der Waals surface area contributed by atoms with Gasteiger partial charge in [0.05, 0.1) is 5.25 Å². The van der Waals surface area contributed by atoms with E-state index in [1.165, 1.54) is 12.8 Å². The molecule has 1 nitrogen and oxygen atoms in total. The lowest BCUT2D eigenvalue weighted by Crippen LogP contribution is -2.32. The van der Waals surface area contributed by atoms with Crippen LogP contribution in [0.2, 0.25) is 0 Å². The van der Waals surface area contributed by atoms with Crippen molar-refractivity contribution in [2.45, 2.75) is 45.8 Å². The first-order valence-corrected chi connectivity index (χ1v) is 7.72. The number of carbonyl (C=O) groups is 1. The van der Waals surface area contributed by atoms with E-state index in [4.69, 9.17) is 0 Å². The fourth-order valence-corrected chi connectivity index (χ4v) is 3.30. The molecule has 1 rings (SSSR count). The molecule has 1 unspecified atom stereocenters. The summed E-state index contributed by atoms with van der Waals surface area (Å²) in [6.07, 6.45) is 2.36. The van der Waals surface area contributed by atoms with Crippen molar-refractivity contribution in [3.8, 4) is 0 Å². The number of hydrogen-bond acceptors (Lipinski definition) is 2. The maximum absolute atomic E-state index is 12.6. The van der Waals surface area contributed by atoms with Crippen molar-refractivity contribution in [2.75, 3.05) is 5.75 Å². The number of rotatable bonds is 6. The van der Waals surface area contributed by atoms with Gasteiger partial charge in [0.25, 0.3) is 0 Å². The summed E-state index contributed by atoms with van der Waals surface area (Å²) in [5, 5.41) is 0.0476. The van der Waals surface area contributed by atoms with Crippen LogP contribution in [0.15, 0.2) is 30.3 Å². The molecule has 2 heteroatoms. The second-order valence-electron chi connectivity index (χ2n) is 5.70. The van der Waals surface area contributed by atoms with E-state index in [9.17, 15) is 4.79 Å². The Balaban J connectivity index is 2.80. The van der Waals surface area contributed by atoms with E-state index in [1.807, 2.05) is 30.3 Å². The number of ketones is 1. The molecule has 0 aliphatic carbocycles. The average molecular weight is 264 g/mol. The molecular formula is C16H24OS. The van der Waals surface area contributed by atoms with Crippen LogP contribution in [0.5, 0.6) is 0 Å². The third-order valence-corrected chi connectivity index (χ3v) is 4.64. The lowest BCUT2D eigenvalue weighted by Gasteiger charge is -2.29. The SMILES string of the molecule is CCCCSC(C(=O)c1ccccc1)C(C)(C)C. The molecule has 0 heterocycles. The van der Waals surface area contributed by atoms with Gasteiger partial charge in [0.2, 0.25) is 0 Å². The topological polar surface area (TPSA) is 17.1 Å². The molecule has 0 radical (unpaired) electrons. The molecule has 0 saturated heterocycles. The van der Waals surface area contributed by atoms with E-state index in [0.29, 0.717) is 0 Å². The fourth-order valence-electron chi connectivity index (χ4n) is 1.82. The molecule has 1 atom stereocenters. The Morgan fingerprint density at radius 3 is 2.33 bits per heavy atom. The zero-order valence-corrected chi connectivity index (χ0v) is 12.7. The van der Waals surface area contributed by atoms with E-state index in [1.54, 1.807) is 11.8 Å². The summed E-state index contributed by atoms with van der Waals surface area (Å²) < 4.78 is 0. The summed E-state index contributed by atoms with van der Waals surface area (Å²) in [6, 6.07) is 9.66. The van der Waals surface area contributed by atoms with Crippen LogP contribution < -0.4 is 0 Å². The minimum absolute atomic E-state index is 0.00529. The summed E-state index contributed by atoms with van der Waals surface area (Å²) in [4.78, 5) is 12.6. The first-order valence-electron chi connectivity index (χ1n) is 6.67. The van der Waals surface area contributed by atoms with Crippen molar-refractivity contribution in [2.24, 2.45) is 5.41 Å². The van der Waals surface area contributed by atoms with Crippen molar-refractivity contribution in [1.82, 2.24) is 0 Å². The molecule has 0 bridgehead atoms. The van der Waals surface area contributed by atoms with Gasteiger partial charge in [-0.25, -0.2) is 0 Å². The predicted octanol–water partition coefficient (Wildman–Crippen LogP) is 4.82. The molecule has 0 aromatic heterocycles. The second kappa shape index (κ2) is 6.98. The standard InChI is InChI=1S/C16H24OS/c1-5-6-12-18-15(16(2,3)4)14(17)13-10-8-7-9-11-13/h7-11,15H,5-6,12H2,1-4H3. The van der Waals surface area contributed by atoms with E-state index in [0.717, 1.165) is 11.3 Å². The van der Waals surface area contributed by atoms with Crippen molar-refractivity contribution >= 4 is 17.5 Å². The fraction of sp³-hybridized carbons (Fsp3) is 0.562. The Morgan fingerprint density at radius 2 is 1.83 bits per heavy atom. The lowest BCUT2D eigenvalue weighted by molar-refractivity contribution is 0.0950. The maximum Gasteiger partial charge on any atom is 0.176 e. The third kappa shape index (κ3) is 4.49. The van der Waals surface area contributed by atoms with Gasteiger partial charge >= 0.3 is 0 Å². The molecule has 0 saturated carbocycles. The number of Topliss-reactive ketones (excluding diaryl/α,β-unsaturated/α-hetero) is 1. The zero-order chi connectivity index (χ0) is 13.6. The smallest absolute Gasteiger partial charge is 0.176 e. The summed E-state index contributed by atoms with van der Waals surface area (Å²) in [5.74, 6) is 1.33. The van der Waals surface area contributed by atoms with E-state index >= 15 is 0 Å². The molecule has 0 aliphatic heterocycles. The Kier molecular flexibility index (Phi) is 5.94. The molecule has 0 N–H and O–H groups in total. The highest BCUT2D eigenvalue weighted by molar-refractivity contribution is 8.00. The van der Waals surface area contributed by atoms with Crippen molar-refractivity contribution < 1.29 is 4.79 Å². The Bertz CT molecular complexity index is 364. The summed E-state index contributed by atoms with van der Waals surface area (Å²) >= 11 is 1.81. The zero-order valence-electron chi connectivity index (χ0n) is 11.9. The van der Waals surface area contributed by atoms with Gasteiger partial charge in [-0.05, 0) is 17.6 Å². The van der Waals surface area contributed by atoms with Crippen LogP contribution in [-0.4, -0.2) is 16.8 Å². The van der Waals surface area contributed by atoms with E-state index in [-0.39, 0.29) is 16.4 Å². The summed E-state index contributed by atoms with van der Waals surface area (Å²) in [7, 11) is 0. The normalized spacial score (nSPS) is 13.3. The third-order valence-electron chi connectivity index (χ3n) is 2.87. The molecule has 1 aromatic rings. The van der Waals surface area contributed by atoms with Crippen LogP contribution in [0.4, 0.5) is 0 Å². The average Bonchev–Trinajstić information content (AvgIpc) is 2.33. The maximum atomic E-state index is 12.6. The van der Waals surface area contributed by atoms with Gasteiger partial charge in [-0.3, -0.25) is 4.79 Å². The van der Waals surface area contributed by atoms with Gasteiger partial charge in [-0.1, -0.05) is 64.4 Å². The number of benzene rings is 1. The molecule has 0 amide bonds. The highest BCUT2D eigenvalue weighted by atomic mass is 32.2. The highest BCUT2D eigenvalue weighted by Crippen LogP contribution is 2.33. The number of carbonyl (C=O) groups excluding carboxylic acids is 1. The van der Waals surface area contributed by atoms with Crippen molar-refractivity contribution in [1.29, 1.82) is 0 Å². The van der Waals surface area contributed by atoms with E-state index in [2.05, 4.69) is 27.7 Å². The number of thioether (sulfide) groups is 1. The van der Waals surface area contributed by atoms with Crippen LogP contribution in [0.1, 0.15) is 50.9 Å². The minimum atomic E-state index is 0.00529. The Hall–Kier alpha value is -0.760. The minimum Gasteiger partial charge on any atom is -0.293 e. The summed E-state index contributed by atoms with van der Waals surface area (Å²) in [5.41, 5.74) is 0.840. The Morgan fingerprint density at radius 1 is 1.22 bits per heavy atom. The lowest BCUT2D eigenvalue weighted by atomic mass is 9.87. The molecule has 18 heavy (non-hydrogen) atoms. The first-order chi connectivity index (χ1) is 8.46. The van der Waals surface area contributed by atoms with Crippen molar-refractivity contribution in [3.05, 3.63) is 35.9 Å². The van der Waals surface area contributed by atoms with Crippen LogP contribution in [0.25, 0.3) is 0 Å². The molecule has 0 aliphatic rings. The van der Waals surface area contributed by atoms with E-state index < -0.39 is 0 Å². The van der Waals surface area contributed by atoms with Gasteiger partial charge in [0, 0.05) is 5.56 Å². The van der Waals surface area contributed by atoms with Gasteiger partial charge < -0.3 is 0 Å². The molecule has 100 valence electrons. The summed E-state index contributed by atoms with van der Waals surface area (Å²) in [6.45, 7) is 8.64. The molecule has 0 spiro atoms. The van der Waals surface area contributed by atoms with Gasteiger partial charge in [0.15, 0.2) is 5.78 Å². The number of unbranched alkanes of at least 4 members (excludes halogenated alkanes) is 1. The predicted molar refractivity (Wildman–Crippen MR) is 81.4 cm³/mol. The van der Waals surface area contributed by atoms with Gasteiger partial charge in [-0.2, -0.15) is 0 Å². The van der Waals surface area contributed by atoms with Crippen molar-refractivity contribution in [3.63, 3.8) is 0 Å². The molecule has 1 aromatic carbocycles. The Labute approximate surface area is 115 Å². The van der Waals surface area contributed by atoms with Gasteiger partial charge in [0.1, 0.15) is 0 Å². The van der Waals surface area contributed by atoms with Crippen LogP contribution in [0.3, 0.4) is 0 Å². The van der Waals surface area contributed by atoms with Crippen LogP contribution >= 0.6 is 11.8 Å². The largest absolute Gasteiger partial charge is 0.293 e. The molecule has 0 fully saturated rings.